The number of fused-ring (bicyclic) bond motifs is 2. The average Bonchev–Trinajstić information content (AvgIpc) is 3.68. The summed E-state index contributed by atoms with van der Waals surface area (Å²) in [6.07, 6.45) is 13.0. The smallest absolute Gasteiger partial charge is 0.358 e. The van der Waals surface area contributed by atoms with E-state index in [1.54, 1.807) is 22.3 Å². The number of hydrogen-bond acceptors (Lipinski definition) is 0. The Kier molecular flexibility index (Phi) is 14.3. The first-order valence-corrected chi connectivity index (χ1v) is 17.8. The molecule has 2 aliphatic carbocycles. The van der Waals surface area contributed by atoms with E-state index in [9.17, 15) is 0 Å². The summed E-state index contributed by atoms with van der Waals surface area (Å²) in [5, 5.41) is 0. The van der Waals surface area contributed by atoms with Gasteiger partial charge in [-0.25, -0.2) is 0 Å². The van der Waals surface area contributed by atoms with Crippen LogP contribution in [0.4, 0.5) is 0 Å². The summed E-state index contributed by atoms with van der Waals surface area (Å²) in [5.74, 6) is 2.98. The van der Waals surface area contributed by atoms with E-state index >= 15 is 0 Å². The van der Waals surface area contributed by atoms with E-state index in [1.807, 2.05) is 0 Å². The average molecular weight is 615 g/mol. The van der Waals surface area contributed by atoms with Crippen molar-refractivity contribution in [3.05, 3.63) is 93.8 Å². The Morgan fingerprint density at radius 1 is 0.643 bits per heavy atom. The predicted molar refractivity (Wildman–Crippen MR) is 187 cm³/mol. The fourth-order valence-corrected chi connectivity index (χ4v) is 8.03. The number of benzene rings is 2. The van der Waals surface area contributed by atoms with E-state index < -0.39 is 0 Å². The molecule has 3 aliphatic rings. The standard InChI is InChI=1S/C35H47.C4H8Si.CH3.Ti/c1-11-24-13-32-28(22(7)8)15-26(20(3)4)17-34(32)30(24)19-31-25(12-2)14-33-29(23(9)10)16-27(21(5)6)18-35(31)33;1-2-4-5-3-1;;/h13-23,30-31H,11-12H2,1-10H3;1-4H2;1H3;/q-1;;-1;+2. The molecular weight excluding hydrogens is 556 g/mol. The molecule has 1 fully saturated rings. The molecule has 226 valence electrons. The van der Waals surface area contributed by atoms with Crippen LogP contribution in [0.2, 0.25) is 12.1 Å². The van der Waals surface area contributed by atoms with Crippen LogP contribution in [-0.2, 0) is 21.7 Å². The Labute approximate surface area is 278 Å². The molecular formula is C40H58SiTi. The van der Waals surface area contributed by atoms with Gasteiger partial charge in [-0.05, 0) is 69.9 Å². The molecule has 0 amide bonds. The maximum atomic E-state index is 2.71. The van der Waals surface area contributed by atoms with Crippen molar-refractivity contribution in [2.24, 2.45) is 0 Å². The maximum absolute atomic E-state index is 2.71. The molecule has 42 heavy (non-hydrogen) atoms. The van der Waals surface area contributed by atoms with E-state index in [2.05, 4.69) is 112 Å². The molecule has 5 rings (SSSR count). The van der Waals surface area contributed by atoms with Crippen LogP contribution in [0.15, 0.2) is 35.4 Å². The third kappa shape index (κ3) is 7.92. The second-order valence-corrected chi connectivity index (χ2v) is 15.1. The molecule has 1 heterocycles. The first-order chi connectivity index (χ1) is 19.1. The molecule has 2 heteroatoms. The summed E-state index contributed by atoms with van der Waals surface area (Å²) in [7, 11) is 1.31. The zero-order valence-corrected chi connectivity index (χ0v) is 31.3. The van der Waals surface area contributed by atoms with E-state index in [-0.39, 0.29) is 29.1 Å². The van der Waals surface area contributed by atoms with Gasteiger partial charge in [-0.15, -0.1) is 11.8 Å². The molecule has 0 nitrogen and oxygen atoms in total. The summed E-state index contributed by atoms with van der Waals surface area (Å²) in [6, 6.07) is 13.1. The fourth-order valence-electron chi connectivity index (χ4n) is 6.78. The molecule has 2 radical (unpaired) electrons. The Bertz CT molecular complexity index is 1140. The summed E-state index contributed by atoms with van der Waals surface area (Å²) < 4.78 is 0. The van der Waals surface area contributed by atoms with Gasteiger partial charge in [-0.3, -0.25) is 0 Å². The Hall–Kier alpha value is -1.15. The predicted octanol–water partition coefficient (Wildman–Crippen LogP) is 12.6. The molecule has 2 aromatic carbocycles. The van der Waals surface area contributed by atoms with Crippen molar-refractivity contribution in [1.82, 2.24) is 0 Å². The first-order valence-electron chi connectivity index (χ1n) is 16.4. The minimum atomic E-state index is 0. The van der Waals surface area contributed by atoms with E-state index in [0.29, 0.717) is 35.5 Å². The molecule has 2 atom stereocenters. The van der Waals surface area contributed by atoms with Crippen molar-refractivity contribution in [2.75, 3.05) is 0 Å². The van der Waals surface area contributed by atoms with Crippen LogP contribution in [0.5, 0.6) is 0 Å². The Morgan fingerprint density at radius 3 is 1.29 bits per heavy atom. The molecule has 1 saturated heterocycles. The van der Waals surface area contributed by atoms with Gasteiger partial charge in [0.15, 0.2) is 0 Å². The van der Waals surface area contributed by atoms with Crippen LogP contribution >= 0.6 is 0 Å². The van der Waals surface area contributed by atoms with Crippen molar-refractivity contribution in [2.45, 2.75) is 143 Å². The van der Waals surface area contributed by atoms with Crippen LogP contribution in [-0.4, -0.2) is 9.52 Å². The van der Waals surface area contributed by atoms with E-state index in [4.69, 9.17) is 0 Å². The molecule has 0 spiro atoms. The number of allylic oxidation sites excluding steroid dienone is 2. The SMILES string of the molecule is C1CC[Si]C1.CCC1=Cc2c(C(C)C)cc(C(C)C)cc2C1[CH-]C1C(CC)=Cc2c(C(C)C)cc(C(C)C)cc21.[CH3-].[Ti+2]. The first kappa shape index (κ1) is 37.0. The van der Waals surface area contributed by atoms with E-state index in [1.165, 1.54) is 67.8 Å². The summed E-state index contributed by atoms with van der Waals surface area (Å²) >= 11 is 0. The topological polar surface area (TPSA) is 0 Å². The quantitative estimate of drug-likeness (QED) is 0.205. The van der Waals surface area contributed by atoms with Gasteiger partial charge >= 0.3 is 21.7 Å². The Balaban J connectivity index is 0.000000797. The van der Waals surface area contributed by atoms with Gasteiger partial charge in [0.2, 0.25) is 0 Å². The van der Waals surface area contributed by atoms with Crippen LogP contribution in [0.3, 0.4) is 0 Å². The van der Waals surface area contributed by atoms with Crippen molar-refractivity contribution >= 4 is 21.7 Å². The van der Waals surface area contributed by atoms with Gasteiger partial charge in [-0.1, -0.05) is 153 Å². The second-order valence-electron chi connectivity index (χ2n) is 13.6. The van der Waals surface area contributed by atoms with Gasteiger partial charge in [-0.2, -0.15) is 0 Å². The van der Waals surface area contributed by atoms with Crippen molar-refractivity contribution in [1.29, 1.82) is 0 Å². The van der Waals surface area contributed by atoms with Gasteiger partial charge < -0.3 is 13.8 Å². The van der Waals surface area contributed by atoms with Crippen molar-refractivity contribution in [3.8, 4) is 0 Å². The molecule has 0 N–H and O–H groups in total. The zero-order chi connectivity index (χ0) is 29.1. The minimum Gasteiger partial charge on any atom is -0.358 e. The monoisotopic (exact) mass is 614 g/mol. The minimum absolute atomic E-state index is 0. The largest absolute Gasteiger partial charge is 2.00 e. The fraction of sp³-hybridized carbons (Fsp3) is 0.550. The number of rotatable bonds is 8. The van der Waals surface area contributed by atoms with Crippen LogP contribution < -0.4 is 0 Å². The Morgan fingerprint density at radius 2 is 1.02 bits per heavy atom. The third-order valence-corrected chi connectivity index (χ3v) is 10.8. The summed E-state index contributed by atoms with van der Waals surface area (Å²) in [5.41, 5.74) is 15.3. The van der Waals surface area contributed by atoms with Crippen LogP contribution in [0.1, 0.15) is 175 Å². The molecule has 1 aliphatic heterocycles. The van der Waals surface area contributed by atoms with Gasteiger partial charge in [0.25, 0.3) is 0 Å². The van der Waals surface area contributed by atoms with Gasteiger partial charge in [0, 0.05) is 9.52 Å². The van der Waals surface area contributed by atoms with Gasteiger partial charge in [0.05, 0.1) is 0 Å². The van der Waals surface area contributed by atoms with Crippen molar-refractivity contribution < 1.29 is 21.7 Å². The zero-order valence-electron chi connectivity index (χ0n) is 28.7. The van der Waals surface area contributed by atoms with Crippen molar-refractivity contribution in [3.63, 3.8) is 0 Å². The number of hydrogen-bond donors (Lipinski definition) is 0. The maximum Gasteiger partial charge on any atom is 2.00 e. The van der Waals surface area contributed by atoms with Crippen LogP contribution in [0.25, 0.3) is 12.2 Å². The molecule has 0 bridgehead atoms. The second kappa shape index (κ2) is 16.2. The summed E-state index contributed by atoms with van der Waals surface area (Å²) in [6.45, 7) is 23.4. The van der Waals surface area contributed by atoms with Gasteiger partial charge in [0.1, 0.15) is 0 Å². The normalized spacial score (nSPS) is 18.8. The molecule has 0 saturated carbocycles. The molecule has 2 unspecified atom stereocenters. The molecule has 0 aromatic heterocycles. The van der Waals surface area contributed by atoms with E-state index in [0.717, 1.165) is 12.8 Å². The third-order valence-electron chi connectivity index (χ3n) is 9.40. The van der Waals surface area contributed by atoms with Crippen LogP contribution in [0, 0.1) is 13.8 Å². The molecule has 2 aromatic rings. The summed E-state index contributed by atoms with van der Waals surface area (Å²) in [4.78, 5) is 0.